The highest BCUT2D eigenvalue weighted by molar-refractivity contribution is 9.10. The van der Waals surface area contributed by atoms with Gasteiger partial charge >= 0.3 is 0 Å². The number of thiophene rings is 1. The first kappa shape index (κ1) is 12.8. The maximum Gasteiger partial charge on any atom is 0.100 e. The van der Waals surface area contributed by atoms with Crippen LogP contribution in [-0.2, 0) is 13.0 Å². The molecular weight excluding hydrogens is 300 g/mol. The van der Waals surface area contributed by atoms with Crippen molar-refractivity contribution in [3.63, 3.8) is 0 Å². The topological polar surface area (TPSA) is 38.0 Å². The van der Waals surface area contributed by atoms with E-state index in [0.29, 0.717) is 6.42 Å². The van der Waals surface area contributed by atoms with Gasteiger partial charge in [0.05, 0.1) is 5.69 Å². The van der Waals surface area contributed by atoms with Gasteiger partial charge in [0.1, 0.15) is 6.10 Å². The Morgan fingerprint density at radius 1 is 1.59 bits per heavy atom. The van der Waals surface area contributed by atoms with E-state index in [1.165, 1.54) is 4.88 Å². The molecule has 0 radical (unpaired) electrons. The van der Waals surface area contributed by atoms with Crippen molar-refractivity contribution in [2.24, 2.45) is 0 Å². The number of hydrogen-bond acceptors (Lipinski definition) is 3. The first-order valence-electron chi connectivity index (χ1n) is 5.63. The molecule has 2 rings (SSSR count). The minimum absolute atomic E-state index is 0.477. The van der Waals surface area contributed by atoms with E-state index < -0.39 is 6.10 Å². The van der Waals surface area contributed by atoms with Crippen LogP contribution in [0.15, 0.2) is 28.2 Å². The van der Waals surface area contributed by atoms with Crippen LogP contribution in [-0.4, -0.2) is 14.9 Å². The number of nitrogens with zero attached hydrogens (tertiary/aromatic N) is 2. The van der Waals surface area contributed by atoms with Crippen LogP contribution in [0.1, 0.15) is 30.0 Å². The van der Waals surface area contributed by atoms with Crippen LogP contribution < -0.4 is 0 Å². The largest absolute Gasteiger partial charge is 0.386 e. The normalized spacial score (nSPS) is 12.9. The van der Waals surface area contributed by atoms with E-state index in [0.717, 1.165) is 23.1 Å². The van der Waals surface area contributed by atoms with Crippen LogP contribution in [0.3, 0.4) is 0 Å². The van der Waals surface area contributed by atoms with Crippen LogP contribution in [0, 0.1) is 0 Å². The standard InChI is InChI=1S/C12H15BrN2OS/c1-2-5-15-11(3-4-14-15)12(16)7-10-6-9(13)8-17-10/h3-4,6,8,12,16H,2,5,7H2,1H3. The number of rotatable bonds is 5. The van der Waals surface area contributed by atoms with Gasteiger partial charge in [0.2, 0.25) is 0 Å². The number of halogens is 1. The van der Waals surface area contributed by atoms with E-state index in [1.54, 1.807) is 17.5 Å². The zero-order chi connectivity index (χ0) is 12.3. The van der Waals surface area contributed by atoms with Gasteiger partial charge in [0.25, 0.3) is 0 Å². The van der Waals surface area contributed by atoms with Gasteiger partial charge in [-0.15, -0.1) is 11.3 Å². The molecule has 2 aromatic rings. The number of aliphatic hydroxyl groups is 1. The molecule has 0 aliphatic heterocycles. The van der Waals surface area contributed by atoms with Crippen molar-refractivity contribution >= 4 is 27.3 Å². The van der Waals surface area contributed by atoms with Gasteiger partial charge < -0.3 is 5.11 Å². The second-order valence-electron chi connectivity index (χ2n) is 3.93. The average Bonchev–Trinajstić information content (AvgIpc) is 2.88. The van der Waals surface area contributed by atoms with E-state index in [4.69, 9.17) is 0 Å². The Hall–Kier alpha value is -0.650. The van der Waals surface area contributed by atoms with E-state index in [2.05, 4.69) is 34.0 Å². The summed E-state index contributed by atoms with van der Waals surface area (Å²) in [5.41, 5.74) is 0.899. The fourth-order valence-electron chi connectivity index (χ4n) is 1.78. The second-order valence-corrected chi connectivity index (χ2v) is 5.84. The predicted octanol–water partition coefficient (Wildman–Crippen LogP) is 3.39. The van der Waals surface area contributed by atoms with Crippen LogP contribution in [0.2, 0.25) is 0 Å². The summed E-state index contributed by atoms with van der Waals surface area (Å²) in [5.74, 6) is 0. The third-order valence-electron chi connectivity index (χ3n) is 2.54. The van der Waals surface area contributed by atoms with E-state index in [-0.39, 0.29) is 0 Å². The molecular formula is C12H15BrN2OS. The van der Waals surface area contributed by atoms with E-state index in [9.17, 15) is 5.11 Å². The Labute approximate surface area is 113 Å². The smallest absolute Gasteiger partial charge is 0.100 e. The summed E-state index contributed by atoms with van der Waals surface area (Å²) < 4.78 is 2.96. The van der Waals surface area contributed by atoms with Crippen LogP contribution in [0.4, 0.5) is 0 Å². The molecule has 1 atom stereocenters. The summed E-state index contributed by atoms with van der Waals surface area (Å²) in [6.45, 7) is 2.96. The van der Waals surface area contributed by atoms with Crippen molar-refractivity contribution in [2.45, 2.75) is 32.4 Å². The molecule has 3 nitrogen and oxygen atoms in total. The summed E-state index contributed by atoms with van der Waals surface area (Å²) in [6.07, 6.45) is 2.94. The minimum Gasteiger partial charge on any atom is -0.386 e. The number of hydrogen-bond donors (Lipinski definition) is 1. The highest BCUT2D eigenvalue weighted by Crippen LogP contribution is 2.25. The fraction of sp³-hybridized carbons (Fsp3) is 0.417. The molecule has 0 aromatic carbocycles. The Kier molecular flexibility index (Phi) is 4.36. The summed E-state index contributed by atoms with van der Waals surface area (Å²) in [4.78, 5) is 1.17. The number of aliphatic hydroxyl groups excluding tert-OH is 1. The molecule has 0 saturated heterocycles. The van der Waals surface area contributed by atoms with Crippen molar-refractivity contribution in [3.8, 4) is 0 Å². The third kappa shape index (κ3) is 3.18. The second kappa shape index (κ2) is 5.80. The Bertz CT molecular complexity index is 480. The van der Waals surface area contributed by atoms with Gasteiger partial charge in [-0.1, -0.05) is 6.92 Å². The molecule has 5 heteroatoms. The molecule has 0 bridgehead atoms. The first-order chi connectivity index (χ1) is 8.20. The van der Waals surface area contributed by atoms with Crippen molar-refractivity contribution in [1.82, 2.24) is 9.78 Å². The SMILES string of the molecule is CCCn1nccc1C(O)Cc1cc(Br)cs1. The lowest BCUT2D eigenvalue weighted by atomic mass is 10.1. The highest BCUT2D eigenvalue weighted by atomic mass is 79.9. The summed E-state index contributed by atoms with van der Waals surface area (Å²) in [6, 6.07) is 3.94. The lowest BCUT2D eigenvalue weighted by Gasteiger charge is -2.11. The van der Waals surface area contributed by atoms with Crippen LogP contribution in [0.5, 0.6) is 0 Å². The molecule has 1 N–H and O–H groups in total. The maximum absolute atomic E-state index is 10.2. The number of aromatic nitrogens is 2. The molecule has 0 amide bonds. The summed E-state index contributed by atoms with van der Waals surface area (Å²) in [5, 5.41) is 16.5. The predicted molar refractivity (Wildman–Crippen MR) is 73.2 cm³/mol. The summed E-state index contributed by atoms with van der Waals surface area (Å²) in [7, 11) is 0. The zero-order valence-corrected chi connectivity index (χ0v) is 12.0. The van der Waals surface area contributed by atoms with Crippen LogP contribution in [0.25, 0.3) is 0 Å². The van der Waals surface area contributed by atoms with Gasteiger partial charge in [0, 0.05) is 33.9 Å². The van der Waals surface area contributed by atoms with E-state index in [1.807, 2.05) is 16.1 Å². The van der Waals surface area contributed by atoms with Gasteiger partial charge in [-0.2, -0.15) is 5.10 Å². The zero-order valence-electron chi connectivity index (χ0n) is 9.64. The molecule has 17 heavy (non-hydrogen) atoms. The Balaban J connectivity index is 2.08. The van der Waals surface area contributed by atoms with E-state index >= 15 is 0 Å². The van der Waals surface area contributed by atoms with Crippen molar-refractivity contribution < 1.29 is 5.11 Å². The lowest BCUT2D eigenvalue weighted by molar-refractivity contribution is 0.167. The van der Waals surface area contributed by atoms with Gasteiger partial charge in [0.15, 0.2) is 0 Å². The minimum atomic E-state index is -0.477. The van der Waals surface area contributed by atoms with Crippen molar-refractivity contribution in [3.05, 3.63) is 38.8 Å². The molecule has 0 aliphatic rings. The highest BCUT2D eigenvalue weighted by Gasteiger charge is 2.14. The van der Waals surface area contributed by atoms with Gasteiger partial charge in [-0.3, -0.25) is 4.68 Å². The molecule has 2 heterocycles. The van der Waals surface area contributed by atoms with Crippen molar-refractivity contribution in [2.75, 3.05) is 0 Å². The van der Waals surface area contributed by atoms with Crippen molar-refractivity contribution in [1.29, 1.82) is 0 Å². The average molecular weight is 315 g/mol. The maximum atomic E-state index is 10.2. The third-order valence-corrected chi connectivity index (χ3v) is 4.26. The molecule has 2 aromatic heterocycles. The molecule has 0 spiro atoms. The van der Waals surface area contributed by atoms with Crippen LogP contribution >= 0.6 is 27.3 Å². The first-order valence-corrected chi connectivity index (χ1v) is 7.30. The summed E-state index contributed by atoms with van der Waals surface area (Å²) >= 11 is 5.08. The fourth-order valence-corrected chi connectivity index (χ4v) is 3.27. The Morgan fingerprint density at radius 2 is 2.41 bits per heavy atom. The monoisotopic (exact) mass is 314 g/mol. The Morgan fingerprint density at radius 3 is 3.06 bits per heavy atom. The molecule has 0 saturated carbocycles. The number of aryl methyl sites for hydroxylation is 1. The van der Waals surface area contributed by atoms with Gasteiger partial charge in [-0.25, -0.2) is 0 Å². The molecule has 92 valence electrons. The lowest BCUT2D eigenvalue weighted by Crippen LogP contribution is -2.10. The van der Waals surface area contributed by atoms with Gasteiger partial charge in [-0.05, 0) is 34.5 Å². The molecule has 0 aliphatic carbocycles. The quantitative estimate of drug-likeness (QED) is 0.918. The molecule has 0 fully saturated rings. The molecule has 1 unspecified atom stereocenters.